The van der Waals surface area contributed by atoms with Crippen LogP contribution in [0.25, 0.3) is 0 Å². The van der Waals surface area contributed by atoms with E-state index in [2.05, 4.69) is 21.2 Å². The van der Waals surface area contributed by atoms with Crippen LogP contribution in [0, 0.1) is 11.6 Å². The fourth-order valence-electron chi connectivity index (χ4n) is 1.57. The Kier molecular flexibility index (Phi) is 3.99. The lowest BCUT2D eigenvalue weighted by atomic mass is 10.2. The molecule has 1 aliphatic heterocycles. The predicted molar refractivity (Wildman–Crippen MR) is 72.0 cm³/mol. The van der Waals surface area contributed by atoms with Crippen molar-refractivity contribution in [2.24, 2.45) is 0 Å². The van der Waals surface area contributed by atoms with E-state index < -0.39 is 29.4 Å². The number of hydrogen-bond acceptors (Lipinski definition) is 5. The fraction of sp³-hybridized carbons (Fsp3) is 0.231. The van der Waals surface area contributed by atoms with Gasteiger partial charge in [-0.1, -0.05) is 0 Å². The summed E-state index contributed by atoms with van der Waals surface area (Å²) in [4.78, 5) is 23.3. The zero-order valence-corrected chi connectivity index (χ0v) is 12.6. The van der Waals surface area contributed by atoms with E-state index >= 15 is 0 Å². The van der Waals surface area contributed by atoms with Gasteiger partial charge < -0.3 is 14.8 Å². The van der Waals surface area contributed by atoms with Crippen LogP contribution in [0.1, 0.15) is 13.8 Å². The van der Waals surface area contributed by atoms with Crippen LogP contribution in [-0.4, -0.2) is 17.7 Å². The Morgan fingerprint density at radius 2 is 1.76 bits per heavy atom. The lowest BCUT2D eigenvalue weighted by Gasteiger charge is -2.29. The zero-order chi connectivity index (χ0) is 15.8. The second-order valence-corrected chi connectivity index (χ2v) is 5.49. The van der Waals surface area contributed by atoms with Gasteiger partial charge in [0.2, 0.25) is 0 Å². The highest BCUT2D eigenvalue weighted by atomic mass is 79.9. The van der Waals surface area contributed by atoms with Crippen molar-refractivity contribution >= 4 is 33.6 Å². The van der Waals surface area contributed by atoms with Gasteiger partial charge in [-0.3, -0.25) is 0 Å². The zero-order valence-electron chi connectivity index (χ0n) is 11.0. The van der Waals surface area contributed by atoms with E-state index in [9.17, 15) is 18.4 Å². The molecule has 0 aromatic heterocycles. The molecule has 1 aliphatic rings. The molecule has 1 aromatic carbocycles. The Morgan fingerprint density at radius 1 is 1.19 bits per heavy atom. The van der Waals surface area contributed by atoms with Crippen molar-refractivity contribution in [3.8, 4) is 0 Å². The monoisotopic (exact) mass is 361 g/mol. The van der Waals surface area contributed by atoms with Gasteiger partial charge >= 0.3 is 11.9 Å². The van der Waals surface area contributed by atoms with E-state index in [1.807, 2.05) is 0 Å². The summed E-state index contributed by atoms with van der Waals surface area (Å²) < 4.78 is 36.0. The highest BCUT2D eigenvalue weighted by Gasteiger charge is 2.38. The molecule has 1 heterocycles. The molecule has 8 heteroatoms. The lowest BCUT2D eigenvalue weighted by Crippen LogP contribution is -2.42. The Hall–Kier alpha value is -1.96. The largest absolute Gasteiger partial charge is 0.419 e. The van der Waals surface area contributed by atoms with Crippen LogP contribution < -0.4 is 5.32 Å². The number of carbonyl (C=O) groups is 2. The second-order valence-electron chi connectivity index (χ2n) is 4.64. The summed E-state index contributed by atoms with van der Waals surface area (Å²) in [7, 11) is 0. The number of rotatable bonds is 2. The fourth-order valence-corrected chi connectivity index (χ4v) is 2.01. The molecule has 1 aromatic rings. The number of nitrogens with one attached hydrogen (secondary N) is 1. The normalized spacial score (nSPS) is 17.1. The topological polar surface area (TPSA) is 64.6 Å². The lowest BCUT2D eigenvalue weighted by molar-refractivity contribution is -0.222. The minimum Gasteiger partial charge on any atom is -0.419 e. The molecule has 1 saturated heterocycles. The van der Waals surface area contributed by atoms with Gasteiger partial charge in [-0.2, -0.15) is 0 Å². The Bertz CT molecular complexity index is 613. The minimum absolute atomic E-state index is 0.0988. The maximum absolute atomic E-state index is 13.2. The third kappa shape index (κ3) is 3.38. The van der Waals surface area contributed by atoms with Crippen molar-refractivity contribution < 1.29 is 27.8 Å². The molecule has 0 bridgehead atoms. The van der Waals surface area contributed by atoms with Crippen molar-refractivity contribution in [3.63, 3.8) is 0 Å². The van der Waals surface area contributed by atoms with E-state index in [0.29, 0.717) is 0 Å². The van der Waals surface area contributed by atoms with Crippen molar-refractivity contribution in [1.82, 2.24) is 0 Å². The molecule has 0 unspecified atom stereocenters. The average molecular weight is 362 g/mol. The number of esters is 2. The first kappa shape index (κ1) is 15.4. The van der Waals surface area contributed by atoms with Gasteiger partial charge in [0.25, 0.3) is 5.79 Å². The first-order chi connectivity index (χ1) is 9.69. The van der Waals surface area contributed by atoms with E-state index in [1.165, 1.54) is 19.9 Å². The molecule has 5 nitrogen and oxygen atoms in total. The molecule has 0 radical (unpaired) electrons. The summed E-state index contributed by atoms with van der Waals surface area (Å²) in [6.45, 7) is 2.83. The summed E-state index contributed by atoms with van der Waals surface area (Å²) in [6, 6.07) is 2.12. The molecule has 0 atom stereocenters. The number of anilines is 1. The molecule has 112 valence electrons. The Morgan fingerprint density at radius 3 is 2.29 bits per heavy atom. The van der Waals surface area contributed by atoms with Crippen molar-refractivity contribution in [1.29, 1.82) is 0 Å². The summed E-state index contributed by atoms with van der Waals surface area (Å²) >= 11 is 2.84. The maximum Gasteiger partial charge on any atom is 0.350 e. The van der Waals surface area contributed by atoms with Gasteiger partial charge in [-0.15, -0.1) is 0 Å². The van der Waals surface area contributed by atoms with Crippen LogP contribution in [-0.2, 0) is 19.1 Å². The van der Waals surface area contributed by atoms with Gasteiger partial charge in [0.05, 0.1) is 4.47 Å². The van der Waals surface area contributed by atoms with Crippen molar-refractivity contribution in [2.45, 2.75) is 19.6 Å². The van der Waals surface area contributed by atoms with Crippen LogP contribution in [0.3, 0.4) is 0 Å². The van der Waals surface area contributed by atoms with Gasteiger partial charge in [-0.25, -0.2) is 18.4 Å². The molecular weight excluding hydrogens is 352 g/mol. The first-order valence-electron chi connectivity index (χ1n) is 5.77. The van der Waals surface area contributed by atoms with Gasteiger partial charge in [0, 0.05) is 31.8 Å². The standard InChI is InChI=1S/C13H10BrF2NO4/c1-13(2)20-11(18)7(12(19)21-13)5-17-6-3-8(14)10(16)9(15)4-6/h3-5,17H,1-2H3. The summed E-state index contributed by atoms with van der Waals surface area (Å²) in [5.41, 5.74) is -0.242. The van der Waals surface area contributed by atoms with E-state index in [4.69, 9.17) is 9.47 Å². The third-order valence-corrected chi connectivity index (χ3v) is 3.06. The quantitative estimate of drug-likeness (QED) is 0.379. The maximum atomic E-state index is 13.2. The number of ether oxygens (including phenoxy) is 2. The van der Waals surface area contributed by atoms with E-state index in [0.717, 1.165) is 12.3 Å². The molecule has 1 N–H and O–H groups in total. The van der Waals surface area contributed by atoms with Crippen LogP contribution >= 0.6 is 15.9 Å². The van der Waals surface area contributed by atoms with Gasteiger partial charge in [-0.05, 0) is 22.0 Å². The van der Waals surface area contributed by atoms with Crippen molar-refractivity contribution in [3.05, 3.63) is 40.0 Å². The average Bonchev–Trinajstić information content (AvgIpc) is 2.33. The van der Waals surface area contributed by atoms with Gasteiger partial charge in [0.1, 0.15) is 0 Å². The summed E-state index contributed by atoms with van der Waals surface area (Å²) in [6.07, 6.45) is 1.01. The van der Waals surface area contributed by atoms with Crippen LogP contribution in [0.4, 0.5) is 14.5 Å². The number of halogens is 3. The Balaban J connectivity index is 2.22. The molecule has 2 rings (SSSR count). The molecule has 0 aliphatic carbocycles. The number of cyclic esters (lactones) is 2. The van der Waals surface area contributed by atoms with E-state index in [1.54, 1.807) is 0 Å². The molecule has 21 heavy (non-hydrogen) atoms. The second kappa shape index (κ2) is 5.44. The highest BCUT2D eigenvalue weighted by Crippen LogP contribution is 2.25. The molecule has 0 saturated carbocycles. The van der Waals surface area contributed by atoms with E-state index in [-0.39, 0.29) is 15.7 Å². The number of hydrogen-bond donors (Lipinski definition) is 1. The summed E-state index contributed by atoms with van der Waals surface area (Å²) in [5, 5.41) is 2.51. The molecule has 0 spiro atoms. The smallest absolute Gasteiger partial charge is 0.350 e. The minimum atomic E-state index is -1.34. The van der Waals surface area contributed by atoms with Gasteiger partial charge in [0.15, 0.2) is 17.2 Å². The highest BCUT2D eigenvalue weighted by molar-refractivity contribution is 9.10. The van der Waals surface area contributed by atoms with Crippen LogP contribution in [0.5, 0.6) is 0 Å². The third-order valence-electron chi connectivity index (χ3n) is 2.48. The molecule has 0 amide bonds. The first-order valence-corrected chi connectivity index (χ1v) is 6.57. The molecule has 1 fully saturated rings. The van der Waals surface area contributed by atoms with Crippen LogP contribution in [0.2, 0.25) is 0 Å². The number of carbonyl (C=O) groups excluding carboxylic acids is 2. The Labute approximate surface area is 127 Å². The van der Waals surface area contributed by atoms with Crippen molar-refractivity contribution in [2.75, 3.05) is 5.32 Å². The summed E-state index contributed by atoms with van der Waals surface area (Å²) in [5.74, 6) is -5.20. The SMILES string of the molecule is CC1(C)OC(=O)C(=CNc2cc(F)c(F)c(Br)c2)C(=O)O1. The predicted octanol–water partition coefficient (Wildman–Crippen LogP) is 2.86. The van der Waals surface area contributed by atoms with Crippen LogP contribution in [0.15, 0.2) is 28.4 Å². The molecular formula is C13H10BrF2NO4. The number of benzene rings is 1.